The van der Waals surface area contributed by atoms with Crippen LogP contribution in [0.25, 0.3) is 0 Å². The molecule has 90 valence electrons. The number of nitrogens with zero attached hydrogens (tertiary/aromatic N) is 3. The lowest BCUT2D eigenvalue weighted by Gasteiger charge is -2.06. The van der Waals surface area contributed by atoms with Crippen molar-refractivity contribution in [1.82, 2.24) is 10.3 Å². The summed E-state index contributed by atoms with van der Waals surface area (Å²) in [6, 6.07) is 2.97. The third kappa shape index (κ3) is 3.70. The lowest BCUT2D eigenvalue weighted by molar-refractivity contribution is -0.385. The topological polar surface area (TPSA) is 101 Å². The third-order valence-electron chi connectivity index (χ3n) is 1.94. The highest BCUT2D eigenvalue weighted by molar-refractivity contribution is 5.44. The van der Waals surface area contributed by atoms with Gasteiger partial charge in [0.15, 0.2) is 0 Å². The van der Waals surface area contributed by atoms with Crippen LogP contribution in [-0.4, -0.2) is 29.6 Å². The zero-order chi connectivity index (χ0) is 12.7. The summed E-state index contributed by atoms with van der Waals surface area (Å²) in [5.74, 6) is 0.121. The van der Waals surface area contributed by atoms with Crippen molar-refractivity contribution >= 4 is 5.69 Å². The largest absolute Gasteiger partial charge is 0.475 e. The van der Waals surface area contributed by atoms with Crippen LogP contribution in [0.15, 0.2) is 12.3 Å². The minimum atomic E-state index is -0.601. The number of likely N-dealkylation sites (N-methyl/N-ethyl adjacent to an activating group) is 1. The van der Waals surface area contributed by atoms with E-state index in [-0.39, 0.29) is 17.1 Å². The Morgan fingerprint density at radius 3 is 3.06 bits per heavy atom. The first kappa shape index (κ1) is 12.9. The summed E-state index contributed by atoms with van der Waals surface area (Å²) in [5.41, 5.74) is -0.156. The van der Waals surface area contributed by atoms with E-state index < -0.39 is 4.92 Å². The van der Waals surface area contributed by atoms with Crippen LogP contribution in [0.2, 0.25) is 0 Å². The van der Waals surface area contributed by atoms with E-state index in [0.717, 1.165) is 18.8 Å². The van der Waals surface area contributed by atoms with Gasteiger partial charge in [-0.25, -0.2) is 4.98 Å². The number of hydrogen-bond acceptors (Lipinski definition) is 6. The van der Waals surface area contributed by atoms with Crippen LogP contribution in [0.5, 0.6) is 5.88 Å². The van der Waals surface area contributed by atoms with E-state index >= 15 is 0 Å². The van der Waals surface area contributed by atoms with Crippen molar-refractivity contribution in [2.45, 2.75) is 6.92 Å². The SMILES string of the molecule is CCNCCOc1ncc([N+](=O)[O-])cc1C#N. The molecule has 7 heteroatoms. The molecule has 7 nitrogen and oxygen atoms in total. The highest BCUT2D eigenvalue weighted by atomic mass is 16.6. The Labute approximate surface area is 98.2 Å². The first-order valence-corrected chi connectivity index (χ1v) is 5.07. The Kier molecular flexibility index (Phi) is 4.84. The van der Waals surface area contributed by atoms with Crippen molar-refractivity contribution in [2.24, 2.45) is 0 Å². The van der Waals surface area contributed by atoms with Crippen molar-refractivity contribution in [1.29, 1.82) is 5.26 Å². The first-order valence-electron chi connectivity index (χ1n) is 5.07. The molecular weight excluding hydrogens is 224 g/mol. The smallest absolute Gasteiger partial charge is 0.289 e. The molecule has 0 aliphatic carbocycles. The van der Waals surface area contributed by atoms with Gasteiger partial charge in [0, 0.05) is 12.6 Å². The molecule has 0 saturated heterocycles. The summed E-state index contributed by atoms with van der Waals surface area (Å²) < 4.78 is 5.25. The molecule has 0 aromatic carbocycles. The fourth-order valence-electron chi connectivity index (χ4n) is 1.13. The summed E-state index contributed by atoms with van der Waals surface area (Å²) in [5, 5.41) is 22.3. The maximum atomic E-state index is 10.5. The van der Waals surface area contributed by atoms with Crippen molar-refractivity contribution in [3.63, 3.8) is 0 Å². The molecule has 0 spiro atoms. The lowest BCUT2D eigenvalue weighted by Crippen LogP contribution is -2.20. The van der Waals surface area contributed by atoms with Gasteiger partial charge in [0.05, 0.1) is 4.92 Å². The molecule has 0 bridgehead atoms. The molecular formula is C10H12N4O3. The van der Waals surface area contributed by atoms with Crippen LogP contribution in [0.4, 0.5) is 5.69 Å². The average Bonchev–Trinajstić information content (AvgIpc) is 2.34. The van der Waals surface area contributed by atoms with Gasteiger partial charge in [-0.2, -0.15) is 5.26 Å². The molecule has 0 amide bonds. The van der Waals surface area contributed by atoms with Crippen LogP contribution < -0.4 is 10.1 Å². The molecule has 0 atom stereocenters. The number of hydrogen-bond donors (Lipinski definition) is 1. The van der Waals surface area contributed by atoms with E-state index in [4.69, 9.17) is 10.00 Å². The number of nitro groups is 1. The minimum absolute atomic E-state index is 0.0655. The number of rotatable bonds is 6. The zero-order valence-corrected chi connectivity index (χ0v) is 9.34. The third-order valence-corrected chi connectivity index (χ3v) is 1.94. The van der Waals surface area contributed by atoms with Gasteiger partial charge in [-0.3, -0.25) is 10.1 Å². The summed E-state index contributed by atoms with van der Waals surface area (Å²) in [6.07, 6.45) is 1.07. The molecule has 0 fully saturated rings. The number of nitriles is 1. The fourth-order valence-corrected chi connectivity index (χ4v) is 1.13. The monoisotopic (exact) mass is 236 g/mol. The van der Waals surface area contributed by atoms with Gasteiger partial charge in [0.25, 0.3) is 5.69 Å². The van der Waals surface area contributed by atoms with E-state index in [1.54, 1.807) is 0 Å². The minimum Gasteiger partial charge on any atom is -0.475 e. The Bertz CT molecular complexity index is 442. The number of aromatic nitrogens is 1. The highest BCUT2D eigenvalue weighted by Gasteiger charge is 2.12. The quantitative estimate of drug-likeness (QED) is 0.446. The number of pyridine rings is 1. The molecule has 17 heavy (non-hydrogen) atoms. The Balaban J connectivity index is 2.73. The fraction of sp³-hybridized carbons (Fsp3) is 0.400. The summed E-state index contributed by atoms with van der Waals surface area (Å²) in [6.45, 7) is 3.76. The van der Waals surface area contributed by atoms with E-state index in [2.05, 4.69) is 10.3 Å². The van der Waals surface area contributed by atoms with Crippen LogP contribution in [0.1, 0.15) is 12.5 Å². The lowest BCUT2D eigenvalue weighted by atomic mass is 10.3. The van der Waals surface area contributed by atoms with Crippen LogP contribution in [0, 0.1) is 21.4 Å². The molecule has 1 heterocycles. The van der Waals surface area contributed by atoms with Gasteiger partial charge in [-0.1, -0.05) is 6.92 Å². The molecule has 0 radical (unpaired) electrons. The Morgan fingerprint density at radius 2 is 2.47 bits per heavy atom. The standard InChI is InChI=1S/C10H12N4O3/c1-2-12-3-4-17-10-8(6-11)5-9(7-13-10)14(15)16/h5,7,12H,2-4H2,1H3. The highest BCUT2D eigenvalue weighted by Crippen LogP contribution is 2.19. The maximum absolute atomic E-state index is 10.5. The van der Waals surface area contributed by atoms with E-state index in [9.17, 15) is 10.1 Å². The average molecular weight is 236 g/mol. The van der Waals surface area contributed by atoms with Crippen LogP contribution >= 0.6 is 0 Å². The van der Waals surface area contributed by atoms with E-state index in [1.165, 1.54) is 0 Å². The molecule has 1 aromatic heterocycles. The molecule has 0 aliphatic heterocycles. The molecule has 1 aromatic rings. The van der Waals surface area contributed by atoms with Crippen LogP contribution in [0.3, 0.4) is 0 Å². The number of ether oxygens (including phenoxy) is 1. The predicted molar refractivity (Wildman–Crippen MR) is 59.6 cm³/mol. The van der Waals surface area contributed by atoms with Crippen molar-refractivity contribution in [3.05, 3.63) is 27.9 Å². The molecule has 0 saturated carbocycles. The van der Waals surface area contributed by atoms with E-state index in [1.807, 2.05) is 13.0 Å². The Morgan fingerprint density at radius 1 is 1.71 bits per heavy atom. The van der Waals surface area contributed by atoms with Crippen LogP contribution in [-0.2, 0) is 0 Å². The second-order valence-corrected chi connectivity index (χ2v) is 3.12. The van der Waals surface area contributed by atoms with Gasteiger partial charge in [0.2, 0.25) is 5.88 Å². The molecule has 1 rings (SSSR count). The summed E-state index contributed by atoms with van der Waals surface area (Å²) in [7, 11) is 0. The molecule has 0 aliphatic rings. The van der Waals surface area contributed by atoms with E-state index in [0.29, 0.717) is 13.2 Å². The predicted octanol–water partition coefficient (Wildman–Crippen LogP) is 0.850. The van der Waals surface area contributed by atoms with Crippen molar-refractivity contribution in [2.75, 3.05) is 19.7 Å². The normalized spacial score (nSPS) is 9.65. The van der Waals surface area contributed by atoms with Gasteiger partial charge < -0.3 is 10.1 Å². The molecule has 0 unspecified atom stereocenters. The van der Waals surface area contributed by atoms with Crippen molar-refractivity contribution < 1.29 is 9.66 Å². The number of nitrogens with one attached hydrogen (secondary N) is 1. The second kappa shape index (κ2) is 6.40. The van der Waals surface area contributed by atoms with Crippen molar-refractivity contribution in [3.8, 4) is 11.9 Å². The van der Waals surface area contributed by atoms with Gasteiger partial charge >= 0.3 is 0 Å². The first-order chi connectivity index (χ1) is 8.19. The Hall–Kier alpha value is -2.20. The second-order valence-electron chi connectivity index (χ2n) is 3.12. The van der Waals surface area contributed by atoms with Gasteiger partial charge in [-0.05, 0) is 6.54 Å². The summed E-state index contributed by atoms with van der Waals surface area (Å²) in [4.78, 5) is 13.6. The molecule has 1 N–H and O–H groups in total. The zero-order valence-electron chi connectivity index (χ0n) is 9.34. The van der Waals surface area contributed by atoms with Gasteiger partial charge in [-0.15, -0.1) is 0 Å². The van der Waals surface area contributed by atoms with Gasteiger partial charge in [0.1, 0.15) is 24.4 Å². The maximum Gasteiger partial charge on any atom is 0.289 e. The summed E-state index contributed by atoms with van der Waals surface area (Å²) >= 11 is 0.